The van der Waals surface area contributed by atoms with Crippen LogP contribution in [-0.4, -0.2) is 61.1 Å². The summed E-state index contributed by atoms with van der Waals surface area (Å²) >= 11 is -0.546. The molecule has 0 aliphatic rings. The predicted octanol–water partition coefficient (Wildman–Crippen LogP) is 15.7. The summed E-state index contributed by atoms with van der Waals surface area (Å²) in [6, 6.07) is 9.68. The Kier molecular flexibility index (Phi) is 20.0. The smallest absolute Gasteiger partial charge is 0.0628 e. The molecule has 0 spiro atoms. The van der Waals surface area contributed by atoms with Gasteiger partial charge in [0.25, 0.3) is 0 Å². The molecule has 4 aromatic rings. The van der Waals surface area contributed by atoms with E-state index in [9.17, 15) is 0 Å². The molecule has 0 aliphatic heterocycles. The third-order valence-corrected chi connectivity index (χ3v) is 33.1. The van der Waals surface area contributed by atoms with Crippen LogP contribution in [0.1, 0.15) is 139 Å². The standard InChI is InChI=1S/C44H67NO3S2.6CH3.2Sn/c1-31(2)13-10-16-34(7)19-24-46-40-29-37(45-38-22-27-49-43(38)44-39(45)23-28-50-44)30-41(47-25-20-35(8)17-11-14-32(3)4)42(40)48-26-21-36(9)18-12-15-33(5)6;;;;;;;;/h22-23,29-36H,10-21,24-26H2,1-9H3;6*1H3;;/t34-,35-,36-;;;;;;;;/m0......../s1. The topological polar surface area (TPSA) is 32.6 Å². The molecule has 0 saturated heterocycles. The van der Waals surface area contributed by atoms with Crippen LogP contribution < -0.4 is 20.0 Å². The predicted molar refractivity (Wildman–Crippen MR) is 266 cm³/mol. The van der Waals surface area contributed by atoms with E-state index in [1.807, 2.05) is 0 Å². The summed E-state index contributed by atoms with van der Waals surface area (Å²) in [7, 11) is 0. The van der Waals surface area contributed by atoms with Crippen LogP contribution in [0.2, 0.25) is 29.6 Å². The van der Waals surface area contributed by atoms with Gasteiger partial charge in [0.05, 0.1) is 0 Å². The van der Waals surface area contributed by atoms with Gasteiger partial charge in [0, 0.05) is 0 Å². The molecule has 8 heteroatoms. The molecule has 1 aromatic carbocycles. The van der Waals surface area contributed by atoms with Crippen molar-refractivity contribution in [2.45, 2.75) is 169 Å². The van der Waals surface area contributed by atoms with Crippen molar-refractivity contribution < 1.29 is 14.2 Å². The molecule has 58 heavy (non-hydrogen) atoms. The molecular formula is C50H85NO3S2Sn2. The van der Waals surface area contributed by atoms with Gasteiger partial charge in [-0.1, -0.05) is 93.4 Å². The van der Waals surface area contributed by atoms with Gasteiger partial charge in [0.2, 0.25) is 0 Å². The van der Waals surface area contributed by atoms with E-state index in [0.717, 1.165) is 60.0 Å². The van der Waals surface area contributed by atoms with Crippen molar-refractivity contribution in [3.8, 4) is 22.9 Å². The van der Waals surface area contributed by atoms with Crippen LogP contribution in [0, 0.1) is 35.5 Å². The van der Waals surface area contributed by atoms with Gasteiger partial charge in [0.15, 0.2) is 0 Å². The van der Waals surface area contributed by atoms with Crippen LogP contribution in [0.15, 0.2) is 24.3 Å². The maximum atomic E-state index is 6.92. The van der Waals surface area contributed by atoms with Crippen molar-refractivity contribution in [2.24, 2.45) is 35.5 Å². The first-order chi connectivity index (χ1) is 27.2. The third-order valence-electron chi connectivity index (χ3n) is 11.9. The van der Waals surface area contributed by atoms with Crippen molar-refractivity contribution in [1.29, 1.82) is 0 Å². The summed E-state index contributed by atoms with van der Waals surface area (Å²) in [5, 5.41) is 0. The van der Waals surface area contributed by atoms with Gasteiger partial charge >= 0.3 is 265 Å². The molecule has 0 saturated carbocycles. The van der Waals surface area contributed by atoms with E-state index in [-0.39, 0.29) is 0 Å². The fraction of sp³-hybridized carbons (Fsp3) is 0.720. The Morgan fingerprint density at radius 1 is 0.466 bits per heavy atom. The fourth-order valence-electron chi connectivity index (χ4n) is 7.78. The first-order valence-electron chi connectivity index (χ1n) is 23.4. The van der Waals surface area contributed by atoms with E-state index in [1.165, 1.54) is 78.2 Å². The SMILES string of the molecule is CC(C)CCC[C@H](C)CCOc1cc(-n2c3c[c]([Sn]([CH3])([CH3])[CH3])sc3c3s[c]([Sn]([CH3])([CH3])[CH3])cc32)cc(OCC[C@@H](C)CCCC(C)C)c1OCC[C@@H](C)CCCC(C)C. The van der Waals surface area contributed by atoms with E-state index in [1.54, 1.807) is 5.79 Å². The molecule has 4 nitrogen and oxygen atoms in total. The molecule has 0 bridgehead atoms. The minimum atomic E-state index is -2.35. The Bertz CT molecular complexity index is 1710. The monoisotopic (exact) mass is 1050 g/mol. The van der Waals surface area contributed by atoms with E-state index >= 15 is 0 Å². The zero-order valence-corrected chi connectivity index (χ0v) is 47.2. The van der Waals surface area contributed by atoms with E-state index in [0.29, 0.717) is 37.6 Å². The average molecular weight is 1050 g/mol. The summed E-state index contributed by atoms with van der Waals surface area (Å²) in [4.78, 5) is 15.3. The summed E-state index contributed by atoms with van der Waals surface area (Å²) in [6.07, 6.45) is 14.6. The van der Waals surface area contributed by atoms with Crippen LogP contribution in [0.25, 0.3) is 26.1 Å². The van der Waals surface area contributed by atoms with Crippen molar-refractivity contribution in [3.63, 3.8) is 0 Å². The molecule has 0 radical (unpaired) electrons. The summed E-state index contributed by atoms with van der Waals surface area (Å²) < 4.78 is 29.5. The van der Waals surface area contributed by atoms with Crippen LogP contribution in [-0.2, 0) is 0 Å². The van der Waals surface area contributed by atoms with Crippen LogP contribution in [0.5, 0.6) is 17.2 Å². The van der Waals surface area contributed by atoms with Gasteiger partial charge in [0.1, 0.15) is 0 Å². The number of hydrogen-bond donors (Lipinski definition) is 0. The Morgan fingerprint density at radius 3 is 1.14 bits per heavy atom. The minimum absolute atomic E-state index is 0.619. The Morgan fingerprint density at radius 2 is 0.810 bits per heavy atom. The number of rotatable bonds is 27. The van der Waals surface area contributed by atoms with Crippen molar-refractivity contribution in [1.82, 2.24) is 4.57 Å². The van der Waals surface area contributed by atoms with E-state index < -0.39 is 36.8 Å². The number of fused-ring (bicyclic) bond motifs is 3. The molecule has 3 atom stereocenters. The van der Waals surface area contributed by atoms with Crippen LogP contribution >= 0.6 is 22.7 Å². The van der Waals surface area contributed by atoms with Crippen LogP contribution in [0.3, 0.4) is 0 Å². The molecule has 3 aromatic heterocycles. The second-order valence-corrected chi connectivity index (χ2v) is 54.4. The number of ether oxygens (including phenoxy) is 3. The maximum absolute atomic E-state index is 6.92. The summed E-state index contributed by atoms with van der Waals surface area (Å²) in [6.45, 7) is 23.2. The van der Waals surface area contributed by atoms with Gasteiger partial charge in [-0.3, -0.25) is 0 Å². The van der Waals surface area contributed by atoms with Gasteiger partial charge in [-0.2, -0.15) is 0 Å². The normalized spacial score (nSPS) is 14.4. The molecule has 3 heterocycles. The van der Waals surface area contributed by atoms with Gasteiger partial charge in [-0.05, 0) is 17.8 Å². The number of nitrogens with zero attached hydrogens (tertiary/aromatic N) is 1. The molecule has 0 aliphatic carbocycles. The van der Waals surface area contributed by atoms with E-state index in [2.05, 4.69) is 143 Å². The van der Waals surface area contributed by atoms with E-state index in [4.69, 9.17) is 14.2 Å². The average Bonchev–Trinajstić information content (AvgIpc) is 3.80. The minimum Gasteiger partial charge on any atom is -0.0628 e. The summed E-state index contributed by atoms with van der Waals surface area (Å²) in [5.41, 5.74) is 3.83. The molecular weight excluding hydrogens is 964 g/mol. The Labute approximate surface area is 372 Å². The van der Waals surface area contributed by atoms with Crippen molar-refractivity contribution in [2.75, 3.05) is 19.8 Å². The molecule has 0 N–H and O–H groups in total. The molecule has 328 valence electrons. The Hall–Kier alpha value is -0.583. The Balaban J connectivity index is 1.79. The van der Waals surface area contributed by atoms with Gasteiger partial charge < -0.3 is 0 Å². The molecule has 0 amide bonds. The van der Waals surface area contributed by atoms with Gasteiger partial charge in [-0.15, -0.1) is 0 Å². The zero-order valence-electron chi connectivity index (χ0n) is 39.9. The number of thiophene rings is 2. The quantitative estimate of drug-likeness (QED) is 0.0558. The second kappa shape index (κ2) is 23.2. The molecule has 0 unspecified atom stereocenters. The van der Waals surface area contributed by atoms with Crippen molar-refractivity contribution in [3.05, 3.63) is 24.3 Å². The van der Waals surface area contributed by atoms with Gasteiger partial charge in [-0.25, -0.2) is 0 Å². The number of aromatic nitrogens is 1. The number of benzene rings is 1. The number of hydrogen-bond acceptors (Lipinski definition) is 5. The first kappa shape index (κ1) is 50.1. The fourth-order valence-corrected chi connectivity index (χ4v) is 20.6. The third kappa shape index (κ3) is 15.3. The van der Waals surface area contributed by atoms with Crippen LogP contribution in [0.4, 0.5) is 0 Å². The second-order valence-electron chi connectivity index (χ2n) is 21.5. The molecule has 4 rings (SSSR count). The van der Waals surface area contributed by atoms with Crippen molar-refractivity contribution >= 4 is 85.6 Å². The molecule has 0 fully saturated rings. The first-order valence-corrected chi connectivity index (χ1v) is 45.0. The summed E-state index contributed by atoms with van der Waals surface area (Å²) in [5.74, 6) is 6.61. The zero-order chi connectivity index (χ0) is 42.8.